The molecule has 0 fully saturated rings. The Morgan fingerprint density at radius 1 is 1.31 bits per heavy atom. The first-order valence-electron chi connectivity index (χ1n) is 5.43. The molecule has 16 heavy (non-hydrogen) atoms. The Morgan fingerprint density at radius 2 is 1.94 bits per heavy atom. The molecule has 1 N–H and O–H groups in total. The van der Waals surface area contributed by atoms with Crippen molar-refractivity contribution in [3.8, 4) is 0 Å². The molecule has 0 radical (unpaired) electrons. The van der Waals surface area contributed by atoms with E-state index in [1.54, 1.807) is 12.1 Å². The highest BCUT2D eigenvalue weighted by Gasteiger charge is 2.17. The van der Waals surface area contributed by atoms with Crippen LogP contribution in [0.5, 0.6) is 0 Å². The number of hydrogen-bond acceptors (Lipinski definition) is 3. The summed E-state index contributed by atoms with van der Waals surface area (Å²) >= 11 is 0. The summed E-state index contributed by atoms with van der Waals surface area (Å²) in [7, 11) is -1.30. The van der Waals surface area contributed by atoms with Gasteiger partial charge in [0, 0.05) is 6.04 Å². The van der Waals surface area contributed by atoms with Crippen molar-refractivity contribution in [2.45, 2.75) is 31.2 Å². The third-order valence-corrected chi connectivity index (χ3v) is 4.64. The summed E-state index contributed by atoms with van der Waals surface area (Å²) in [5.74, 6) is 0.194. The van der Waals surface area contributed by atoms with Crippen LogP contribution in [-0.4, -0.2) is 27.3 Å². The van der Waals surface area contributed by atoms with Crippen LogP contribution < -0.4 is 5.32 Å². The molecule has 0 aromatic heterocycles. The van der Waals surface area contributed by atoms with Crippen LogP contribution in [0.4, 0.5) is 0 Å². The monoisotopic (exact) mass is 241 g/mol. The number of nitrogens with one attached hydrogen (secondary N) is 1. The Balaban J connectivity index is 2.83. The van der Waals surface area contributed by atoms with Gasteiger partial charge in [0.25, 0.3) is 0 Å². The molecule has 1 rings (SSSR count). The molecule has 90 valence electrons. The summed E-state index contributed by atoms with van der Waals surface area (Å²) in [5.41, 5.74) is 0.819. The lowest BCUT2D eigenvalue weighted by atomic mass is 10.2. The van der Waals surface area contributed by atoms with Gasteiger partial charge >= 0.3 is 0 Å². The Kier molecular flexibility index (Phi) is 4.50. The molecule has 1 unspecified atom stereocenters. The fourth-order valence-electron chi connectivity index (χ4n) is 1.49. The van der Waals surface area contributed by atoms with E-state index in [2.05, 4.69) is 5.32 Å². The van der Waals surface area contributed by atoms with E-state index >= 15 is 0 Å². The second kappa shape index (κ2) is 5.46. The molecule has 1 atom stereocenters. The molecule has 0 amide bonds. The smallest absolute Gasteiger partial charge is 0.178 e. The van der Waals surface area contributed by atoms with E-state index in [0.717, 1.165) is 5.56 Å². The van der Waals surface area contributed by atoms with Gasteiger partial charge in [-0.25, -0.2) is 8.42 Å². The van der Waals surface area contributed by atoms with Crippen LogP contribution in [-0.2, 0) is 9.84 Å². The molecule has 1 aromatic rings. The van der Waals surface area contributed by atoms with E-state index in [4.69, 9.17) is 0 Å². The van der Waals surface area contributed by atoms with Gasteiger partial charge < -0.3 is 5.32 Å². The van der Waals surface area contributed by atoms with Crippen molar-refractivity contribution in [2.75, 3.05) is 12.8 Å². The first-order valence-corrected chi connectivity index (χ1v) is 7.08. The molecule has 0 heterocycles. The van der Waals surface area contributed by atoms with E-state index < -0.39 is 9.84 Å². The van der Waals surface area contributed by atoms with Crippen molar-refractivity contribution in [1.82, 2.24) is 5.32 Å². The number of benzene rings is 1. The first kappa shape index (κ1) is 13.2. The number of sulfone groups is 1. The lowest BCUT2D eigenvalue weighted by molar-refractivity contribution is 0.565. The van der Waals surface area contributed by atoms with E-state index in [1.165, 1.54) is 0 Å². The molecule has 0 saturated heterocycles. The highest BCUT2D eigenvalue weighted by Crippen LogP contribution is 2.16. The zero-order chi connectivity index (χ0) is 12.2. The molecular weight excluding hydrogens is 222 g/mol. The molecule has 0 saturated carbocycles. The average Bonchev–Trinajstić information content (AvgIpc) is 2.26. The normalized spacial score (nSPS) is 13.7. The predicted octanol–water partition coefficient (Wildman–Crippen LogP) is 1.77. The summed E-state index contributed by atoms with van der Waals surface area (Å²) < 4.78 is 24.1. The quantitative estimate of drug-likeness (QED) is 0.854. The molecular formula is C12H19NO2S. The predicted molar refractivity (Wildman–Crippen MR) is 66.4 cm³/mol. The van der Waals surface area contributed by atoms with E-state index in [-0.39, 0.29) is 11.8 Å². The van der Waals surface area contributed by atoms with Crippen LogP contribution >= 0.6 is 0 Å². The molecule has 0 bridgehead atoms. The lowest BCUT2D eigenvalue weighted by Gasteiger charge is -2.11. The number of rotatable bonds is 5. The molecule has 0 spiro atoms. The molecule has 3 nitrogen and oxygen atoms in total. The highest BCUT2D eigenvalue weighted by molar-refractivity contribution is 7.91. The van der Waals surface area contributed by atoms with E-state index in [9.17, 15) is 8.42 Å². The third kappa shape index (κ3) is 3.32. The first-order chi connectivity index (χ1) is 7.47. The number of aryl methyl sites for hydroxylation is 1. The largest absolute Gasteiger partial charge is 0.317 e. The maximum atomic E-state index is 12.0. The topological polar surface area (TPSA) is 46.2 Å². The average molecular weight is 241 g/mol. The minimum absolute atomic E-state index is 0.194. The van der Waals surface area contributed by atoms with Gasteiger partial charge in [-0.15, -0.1) is 0 Å². The number of hydrogen-bond donors (Lipinski definition) is 1. The second-order valence-electron chi connectivity index (χ2n) is 4.06. The fourth-order valence-corrected chi connectivity index (χ4v) is 3.22. The molecule has 4 heteroatoms. The summed E-state index contributed by atoms with van der Waals surface area (Å²) in [4.78, 5) is 0.457. The second-order valence-corrected chi connectivity index (χ2v) is 6.14. The van der Waals surface area contributed by atoms with Gasteiger partial charge in [-0.1, -0.05) is 18.2 Å². The zero-order valence-electron chi connectivity index (χ0n) is 10.0. The van der Waals surface area contributed by atoms with Gasteiger partial charge in [-0.05, 0) is 38.9 Å². The van der Waals surface area contributed by atoms with E-state index in [1.807, 2.05) is 33.0 Å². The third-order valence-electron chi connectivity index (χ3n) is 2.74. The molecule has 0 aliphatic rings. The van der Waals surface area contributed by atoms with Gasteiger partial charge in [0.2, 0.25) is 0 Å². The standard InChI is InChI=1S/C12H19NO2S/c1-10-6-4-5-7-12(10)16(14,15)9-8-11(2)13-3/h4-7,11,13H,8-9H2,1-3H3. The molecule has 1 aromatic carbocycles. The Bertz CT molecular complexity index is 440. The van der Waals surface area contributed by atoms with Crippen molar-refractivity contribution in [3.05, 3.63) is 29.8 Å². The van der Waals surface area contributed by atoms with Gasteiger partial charge in [-0.3, -0.25) is 0 Å². The minimum atomic E-state index is -3.14. The Morgan fingerprint density at radius 3 is 2.50 bits per heavy atom. The van der Waals surface area contributed by atoms with Gasteiger partial charge in [-0.2, -0.15) is 0 Å². The van der Waals surface area contributed by atoms with Crippen LogP contribution in [0.15, 0.2) is 29.2 Å². The van der Waals surface area contributed by atoms with Gasteiger partial charge in [0.05, 0.1) is 10.6 Å². The Hall–Kier alpha value is -0.870. The highest BCUT2D eigenvalue weighted by atomic mass is 32.2. The van der Waals surface area contributed by atoms with Crippen molar-refractivity contribution in [3.63, 3.8) is 0 Å². The fraction of sp³-hybridized carbons (Fsp3) is 0.500. The van der Waals surface area contributed by atoms with Crippen LogP contribution in [0.3, 0.4) is 0 Å². The summed E-state index contributed by atoms with van der Waals surface area (Å²) in [6, 6.07) is 7.34. The Labute approximate surface area is 97.8 Å². The van der Waals surface area contributed by atoms with Crippen LogP contribution in [0.25, 0.3) is 0 Å². The molecule has 0 aliphatic heterocycles. The molecule has 0 aliphatic carbocycles. The maximum absolute atomic E-state index is 12.0. The maximum Gasteiger partial charge on any atom is 0.178 e. The lowest BCUT2D eigenvalue weighted by Crippen LogP contribution is -2.24. The van der Waals surface area contributed by atoms with E-state index in [0.29, 0.717) is 11.3 Å². The van der Waals surface area contributed by atoms with Crippen LogP contribution in [0.1, 0.15) is 18.9 Å². The van der Waals surface area contributed by atoms with Gasteiger partial charge in [0.15, 0.2) is 9.84 Å². The van der Waals surface area contributed by atoms with Crippen LogP contribution in [0.2, 0.25) is 0 Å². The SMILES string of the molecule is CNC(C)CCS(=O)(=O)c1ccccc1C. The van der Waals surface area contributed by atoms with Crippen LogP contribution in [0, 0.1) is 6.92 Å². The zero-order valence-corrected chi connectivity index (χ0v) is 10.8. The van der Waals surface area contributed by atoms with Crippen molar-refractivity contribution < 1.29 is 8.42 Å². The summed E-state index contributed by atoms with van der Waals surface area (Å²) in [5, 5.41) is 3.04. The van der Waals surface area contributed by atoms with Crippen molar-refractivity contribution in [2.24, 2.45) is 0 Å². The van der Waals surface area contributed by atoms with Crippen molar-refractivity contribution in [1.29, 1.82) is 0 Å². The van der Waals surface area contributed by atoms with Crippen molar-refractivity contribution >= 4 is 9.84 Å². The summed E-state index contributed by atoms with van der Waals surface area (Å²) in [6.07, 6.45) is 0.632. The summed E-state index contributed by atoms with van der Waals surface area (Å²) in [6.45, 7) is 3.81. The van der Waals surface area contributed by atoms with Gasteiger partial charge in [0.1, 0.15) is 0 Å². The minimum Gasteiger partial charge on any atom is -0.317 e.